The summed E-state index contributed by atoms with van der Waals surface area (Å²) in [6.07, 6.45) is 2.06. The minimum absolute atomic E-state index is 0.352. The highest BCUT2D eigenvalue weighted by Crippen LogP contribution is 2.27. The van der Waals surface area contributed by atoms with Gasteiger partial charge in [-0.25, -0.2) is 0 Å². The number of hydrogen-bond acceptors (Lipinski definition) is 1. The van der Waals surface area contributed by atoms with Gasteiger partial charge in [0.25, 0.3) is 0 Å². The number of hydrogen-bond donors (Lipinski definition) is 0. The van der Waals surface area contributed by atoms with E-state index in [1.54, 1.807) is 0 Å². The van der Waals surface area contributed by atoms with E-state index in [9.17, 15) is 0 Å². The molecule has 1 rings (SSSR count). The lowest BCUT2D eigenvalue weighted by atomic mass is 9.73. The van der Waals surface area contributed by atoms with Gasteiger partial charge in [-0.05, 0) is 24.9 Å². The van der Waals surface area contributed by atoms with E-state index in [0.717, 1.165) is 12.8 Å². The second-order valence-corrected chi connectivity index (χ2v) is 3.38. The normalized spacial score (nSPS) is 43.6. The van der Waals surface area contributed by atoms with E-state index in [4.69, 9.17) is 15.8 Å². The molecule has 0 bridgehead atoms. The van der Waals surface area contributed by atoms with E-state index >= 15 is 0 Å². The standard InChI is InChI=1S/C7H13B2N/c1-5-3-7(8)4-6(2)10(5)9/h5-7H,3-4H2,1-2H3. The van der Waals surface area contributed by atoms with Crippen LogP contribution in [0.5, 0.6) is 0 Å². The summed E-state index contributed by atoms with van der Waals surface area (Å²) in [6.45, 7) is 4.24. The Morgan fingerprint density at radius 1 is 1.20 bits per heavy atom. The summed E-state index contributed by atoms with van der Waals surface area (Å²) in [4.78, 5) is 1.91. The van der Waals surface area contributed by atoms with Crippen LogP contribution in [0.3, 0.4) is 0 Å². The SMILES string of the molecule is [B]C1CC(C)N([B])C(C)C1. The van der Waals surface area contributed by atoms with Gasteiger partial charge in [0.2, 0.25) is 0 Å². The molecule has 1 nitrogen and oxygen atoms in total. The van der Waals surface area contributed by atoms with Crippen LogP contribution in [-0.4, -0.2) is 32.7 Å². The monoisotopic (exact) mass is 133 g/mol. The summed E-state index contributed by atoms with van der Waals surface area (Å²) in [5.74, 6) is 0.352. The number of rotatable bonds is 0. The van der Waals surface area contributed by atoms with E-state index in [-0.39, 0.29) is 0 Å². The van der Waals surface area contributed by atoms with Crippen LogP contribution >= 0.6 is 0 Å². The fraction of sp³-hybridized carbons (Fsp3) is 1.00. The van der Waals surface area contributed by atoms with Crippen LogP contribution in [0, 0.1) is 0 Å². The Morgan fingerprint density at radius 2 is 1.60 bits per heavy atom. The van der Waals surface area contributed by atoms with Gasteiger partial charge in [-0.3, -0.25) is 0 Å². The van der Waals surface area contributed by atoms with Crippen molar-refractivity contribution in [3.63, 3.8) is 0 Å². The Bertz CT molecular complexity index is 106. The molecule has 1 saturated heterocycles. The van der Waals surface area contributed by atoms with E-state index in [1.807, 2.05) is 4.81 Å². The zero-order valence-corrected chi connectivity index (χ0v) is 6.75. The van der Waals surface area contributed by atoms with E-state index in [1.165, 1.54) is 0 Å². The summed E-state index contributed by atoms with van der Waals surface area (Å²) in [5.41, 5.74) is 0. The Labute approximate surface area is 66.0 Å². The molecule has 0 aliphatic carbocycles. The maximum Gasteiger partial charge on any atom is 0.183 e. The first kappa shape index (κ1) is 8.19. The molecular formula is C7H13B2N. The van der Waals surface area contributed by atoms with Gasteiger partial charge in [0.1, 0.15) is 0 Å². The van der Waals surface area contributed by atoms with Crippen molar-refractivity contribution in [2.24, 2.45) is 0 Å². The highest BCUT2D eigenvalue weighted by Gasteiger charge is 2.24. The molecule has 0 N–H and O–H groups in total. The highest BCUT2D eigenvalue weighted by molar-refractivity contribution is 6.12. The molecule has 0 aromatic rings. The third kappa shape index (κ3) is 1.57. The van der Waals surface area contributed by atoms with Gasteiger partial charge >= 0.3 is 0 Å². The van der Waals surface area contributed by atoms with Gasteiger partial charge in [0.05, 0.1) is 7.85 Å². The molecule has 3 heteroatoms. The average molecular weight is 133 g/mol. The van der Waals surface area contributed by atoms with Gasteiger partial charge in [0.15, 0.2) is 7.98 Å². The fourth-order valence-electron chi connectivity index (χ4n) is 1.65. The van der Waals surface area contributed by atoms with E-state index < -0.39 is 0 Å². The van der Waals surface area contributed by atoms with Gasteiger partial charge in [-0.2, -0.15) is 0 Å². The molecule has 0 aromatic carbocycles. The summed E-state index contributed by atoms with van der Waals surface area (Å²) in [5, 5.41) is 0. The third-order valence-electron chi connectivity index (χ3n) is 2.31. The third-order valence-corrected chi connectivity index (χ3v) is 2.31. The van der Waals surface area contributed by atoms with Crippen molar-refractivity contribution < 1.29 is 0 Å². The molecule has 10 heavy (non-hydrogen) atoms. The second-order valence-electron chi connectivity index (χ2n) is 3.38. The van der Waals surface area contributed by atoms with Crippen LogP contribution in [-0.2, 0) is 0 Å². The second kappa shape index (κ2) is 3.00. The zero-order chi connectivity index (χ0) is 7.72. The molecule has 0 amide bonds. The number of nitrogens with zero attached hydrogens (tertiary/aromatic N) is 1. The number of piperidine rings is 1. The zero-order valence-electron chi connectivity index (χ0n) is 6.75. The molecule has 4 radical (unpaired) electrons. The van der Waals surface area contributed by atoms with E-state index in [0.29, 0.717) is 17.9 Å². The van der Waals surface area contributed by atoms with Gasteiger partial charge in [-0.15, -0.1) is 0 Å². The van der Waals surface area contributed by atoms with Crippen LogP contribution in [0.1, 0.15) is 26.7 Å². The Kier molecular flexibility index (Phi) is 2.45. The summed E-state index contributed by atoms with van der Waals surface area (Å²) in [6, 6.07) is 0.887. The summed E-state index contributed by atoms with van der Waals surface area (Å²) in [7, 11) is 11.6. The lowest BCUT2D eigenvalue weighted by Crippen LogP contribution is -2.43. The van der Waals surface area contributed by atoms with Crippen molar-refractivity contribution >= 4 is 15.8 Å². The summed E-state index contributed by atoms with van der Waals surface area (Å²) < 4.78 is 0. The topological polar surface area (TPSA) is 3.24 Å². The molecule has 2 unspecified atom stereocenters. The van der Waals surface area contributed by atoms with Crippen molar-refractivity contribution in [3.05, 3.63) is 0 Å². The van der Waals surface area contributed by atoms with Crippen molar-refractivity contribution in [2.75, 3.05) is 0 Å². The minimum Gasteiger partial charge on any atom is -0.349 e. The smallest absolute Gasteiger partial charge is 0.183 e. The predicted molar refractivity (Wildman–Crippen MR) is 45.3 cm³/mol. The molecule has 2 atom stereocenters. The van der Waals surface area contributed by atoms with Gasteiger partial charge < -0.3 is 4.81 Å². The summed E-state index contributed by atoms with van der Waals surface area (Å²) >= 11 is 0. The molecule has 52 valence electrons. The van der Waals surface area contributed by atoms with Gasteiger partial charge in [-0.1, -0.05) is 19.7 Å². The molecule has 0 aromatic heterocycles. The van der Waals surface area contributed by atoms with E-state index in [2.05, 4.69) is 13.8 Å². The van der Waals surface area contributed by atoms with Crippen LogP contribution < -0.4 is 0 Å². The van der Waals surface area contributed by atoms with Gasteiger partial charge in [0, 0.05) is 0 Å². The molecule has 1 fully saturated rings. The van der Waals surface area contributed by atoms with Crippen LogP contribution in [0.4, 0.5) is 0 Å². The largest absolute Gasteiger partial charge is 0.349 e. The Morgan fingerprint density at radius 3 is 2.00 bits per heavy atom. The van der Waals surface area contributed by atoms with Crippen molar-refractivity contribution in [3.8, 4) is 0 Å². The predicted octanol–water partition coefficient (Wildman–Crippen LogP) is 0.900. The average Bonchev–Trinajstić information content (AvgIpc) is 1.82. The lowest BCUT2D eigenvalue weighted by molar-refractivity contribution is 0.212. The molecule has 1 aliphatic rings. The molecule has 1 heterocycles. The minimum atomic E-state index is 0.352. The van der Waals surface area contributed by atoms with Crippen LogP contribution in [0.15, 0.2) is 0 Å². The van der Waals surface area contributed by atoms with Crippen molar-refractivity contribution in [1.29, 1.82) is 0 Å². The molecule has 1 aliphatic heterocycles. The maximum absolute atomic E-state index is 5.80. The Balaban J connectivity index is 2.49. The maximum atomic E-state index is 5.80. The van der Waals surface area contributed by atoms with Crippen LogP contribution in [0.25, 0.3) is 0 Å². The molecule has 0 spiro atoms. The first-order chi connectivity index (χ1) is 4.61. The van der Waals surface area contributed by atoms with Crippen molar-refractivity contribution in [1.82, 2.24) is 4.81 Å². The first-order valence-corrected chi connectivity index (χ1v) is 3.90. The van der Waals surface area contributed by atoms with Crippen molar-refractivity contribution in [2.45, 2.75) is 44.6 Å². The fourth-order valence-corrected chi connectivity index (χ4v) is 1.65. The first-order valence-electron chi connectivity index (χ1n) is 3.90. The quantitative estimate of drug-likeness (QED) is 0.443. The molecule has 0 saturated carbocycles. The van der Waals surface area contributed by atoms with Crippen LogP contribution in [0.2, 0.25) is 5.82 Å². The molecular weight excluding hydrogens is 120 g/mol. The lowest BCUT2D eigenvalue weighted by Gasteiger charge is -2.40. The Hall–Kier alpha value is 0.0899. The highest BCUT2D eigenvalue weighted by atomic mass is 15.1.